The van der Waals surface area contributed by atoms with E-state index in [1.807, 2.05) is 32.0 Å². The second kappa shape index (κ2) is 10.3. The van der Waals surface area contributed by atoms with Crippen molar-refractivity contribution in [3.63, 3.8) is 0 Å². The molecule has 0 atom stereocenters. The maximum atomic E-state index is 13.2. The normalized spacial score (nSPS) is 14.8. The molecule has 2 amide bonds. The molecule has 0 spiro atoms. The van der Waals surface area contributed by atoms with Gasteiger partial charge in [0.1, 0.15) is 5.57 Å². The highest BCUT2D eigenvalue weighted by molar-refractivity contribution is 7.80. The van der Waals surface area contributed by atoms with Crippen LogP contribution < -0.4 is 19.7 Å². The summed E-state index contributed by atoms with van der Waals surface area (Å²) < 4.78 is 15.6. The Labute approximate surface area is 197 Å². The predicted molar refractivity (Wildman–Crippen MR) is 127 cm³/mol. The number of carbonyl (C=O) groups excluding carboxylic acids is 3. The molecule has 0 bridgehead atoms. The Morgan fingerprint density at radius 1 is 1.09 bits per heavy atom. The highest BCUT2D eigenvalue weighted by Gasteiger charge is 2.34. The van der Waals surface area contributed by atoms with Gasteiger partial charge in [0.05, 0.1) is 19.4 Å². The molecule has 1 aliphatic heterocycles. The van der Waals surface area contributed by atoms with Crippen molar-refractivity contribution in [3.05, 3.63) is 58.7 Å². The third kappa shape index (κ3) is 5.56. The van der Waals surface area contributed by atoms with E-state index in [0.717, 1.165) is 11.1 Å². The summed E-state index contributed by atoms with van der Waals surface area (Å²) in [6, 6.07) is 10.5. The van der Waals surface area contributed by atoms with E-state index in [2.05, 4.69) is 5.32 Å². The Hall–Kier alpha value is -3.72. The van der Waals surface area contributed by atoms with Gasteiger partial charge in [-0.3, -0.25) is 19.8 Å². The van der Waals surface area contributed by atoms with Crippen LogP contribution in [0.5, 0.6) is 11.5 Å². The fraction of sp³-hybridized carbons (Fsp3) is 0.250. The smallest absolute Gasteiger partial charge is 0.344 e. The number of ether oxygens (including phenoxy) is 3. The van der Waals surface area contributed by atoms with Crippen LogP contribution in [0.25, 0.3) is 6.08 Å². The molecule has 0 aromatic heterocycles. The Bertz CT molecular complexity index is 1140. The molecule has 33 heavy (non-hydrogen) atoms. The quantitative estimate of drug-likeness (QED) is 0.289. The molecule has 0 aliphatic carbocycles. The van der Waals surface area contributed by atoms with E-state index in [1.54, 1.807) is 25.1 Å². The lowest BCUT2D eigenvalue weighted by Crippen LogP contribution is -2.54. The van der Waals surface area contributed by atoms with Crippen LogP contribution in [0.15, 0.2) is 42.0 Å². The number of rotatable bonds is 7. The van der Waals surface area contributed by atoms with Gasteiger partial charge in [-0.15, -0.1) is 0 Å². The third-order valence-corrected chi connectivity index (χ3v) is 5.00. The Morgan fingerprint density at radius 2 is 1.79 bits per heavy atom. The molecule has 1 heterocycles. The Kier molecular flexibility index (Phi) is 7.44. The average molecular weight is 469 g/mol. The van der Waals surface area contributed by atoms with Crippen molar-refractivity contribution in [1.29, 1.82) is 0 Å². The third-order valence-electron chi connectivity index (χ3n) is 4.72. The van der Waals surface area contributed by atoms with Crippen molar-refractivity contribution >= 4 is 46.9 Å². The van der Waals surface area contributed by atoms with E-state index in [9.17, 15) is 14.4 Å². The van der Waals surface area contributed by atoms with E-state index in [0.29, 0.717) is 22.7 Å². The zero-order valence-corrected chi connectivity index (χ0v) is 19.6. The molecule has 2 aromatic rings. The maximum Gasteiger partial charge on any atom is 0.344 e. The zero-order chi connectivity index (χ0) is 24.1. The summed E-state index contributed by atoms with van der Waals surface area (Å²) in [5.41, 5.74) is 2.96. The molecule has 1 fully saturated rings. The summed E-state index contributed by atoms with van der Waals surface area (Å²) in [7, 11) is 1.45. The first-order valence-corrected chi connectivity index (χ1v) is 10.6. The van der Waals surface area contributed by atoms with Gasteiger partial charge in [-0.25, -0.2) is 4.79 Å². The molecule has 1 N–H and O–H groups in total. The molecular weight excluding hydrogens is 444 g/mol. The monoisotopic (exact) mass is 468 g/mol. The summed E-state index contributed by atoms with van der Waals surface area (Å²) in [6.07, 6.45) is 1.45. The van der Waals surface area contributed by atoms with Crippen LogP contribution in [-0.4, -0.2) is 43.2 Å². The number of aryl methyl sites for hydroxylation is 2. The van der Waals surface area contributed by atoms with E-state index in [1.165, 1.54) is 18.1 Å². The molecule has 0 radical (unpaired) electrons. The molecule has 1 saturated heterocycles. The number of esters is 1. The van der Waals surface area contributed by atoms with E-state index in [-0.39, 0.29) is 23.9 Å². The van der Waals surface area contributed by atoms with Crippen LogP contribution in [0, 0.1) is 13.8 Å². The molecular formula is C24H24N2O6S. The van der Waals surface area contributed by atoms with Gasteiger partial charge in [0.15, 0.2) is 23.2 Å². The number of methoxy groups -OCH3 is 1. The minimum atomic E-state index is -0.591. The lowest BCUT2D eigenvalue weighted by molar-refractivity contribution is -0.145. The lowest BCUT2D eigenvalue weighted by atomic mass is 10.1. The molecule has 8 nitrogen and oxygen atoms in total. The number of anilines is 1. The van der Waals surface area contributed by atoms with Gasteiger partial charge in [-0.2, -0.15) is 0 Å². The zero-order valence-electron chi connectivity index (χ0n) is 18.8. The maximum absolute atomic E-state index is 13.2. The van der Waals surface area contributed by atoms with Crippen molar-refractivity contribution in [3.8, 4) is 11.5 Å². The Morgan fingerprint density at radius 3 is 2.42 bits per heavy atom. The minimum absolute atomic E-state index is 0.0208. The molecule has 2 aromatic carbocycles. The number of hydrogen-bond acceptors (Lipinski definition) is 7. The molecule has 0 unspecified atom stereocenters. The number of carbonyl (C=O) groups is 3. The van der Waals surface area contributed by atoms with Crippen molar-refractivity contribution in [2.45, 2.75) is 20.8 Å². The van der Waals surface area contributed by atoms with Gasteiger partial charge in [0.2, 0.25) is 0 Å². The van der Waals surface area contributed by atoms with Crippen LogP contribution >= 0.6 is 12.2 Å². The molecule has 9 heteroatoms. The van der Waals surface area contributed by atoms with Crippen molar-refractivity contribution in [1.82, 2.24) is 5.32 Å². The highest BCUT2D eigenvalue weighted by atomic mass is 32.1. The number of thiocarbonyl (C=S) groups is 1. The number of nitrogens with one attached hydrogen (secondary N) is 1. The van der Waals surface area contributed by atoms with Gasteiger partial charge in [0.25, 0.3) is 11.8 Å². The van der Waals surface area contributed by atoms with Crippen molar-refractivity contribution < 1.29 is 28.6 Å². The van der Waals surface area contributed by atoms with Gasteiger partial charge in [-0.1, -0.05) is 12.1 Å². The van der Waals surface area contributed by atoms with Crippen LogP contribution in [0.3, 0.4) is 0 Å². The number of amides is 2. The fourth-order valence-corrected chi connectivity index (χ4v) is 3.65. The van der Waals surface area contributed by atoms with Crippen LogP contribution in [0.2, 0.25) is 0 Å². The van der Waals surface area contributed by atoms with Crippen LogP contribution in [0.1, 0.15) is 23.6 Å². The first-order valence-electron chi connectivity index (χ1n) is 10.2. The van der Waals surface area contributed by atoms with Gasteiger partial charge in [-0.05, 0) is 80.0 Å². The summed E-state index contributed by atoms with van der Waals surface area (Å²) in [5, 5.41) is 2.59. The molecule has 172 valence electrons. The van der Waals surface area contributed by atoms with E-state index in [4.69, 9.17) is 26.4 Å². The minimum Gasteiger partial charge on any atom is -0.493 e. The van der Waals surface area contributed by atoms with E-state index >= 15 is 0 Å². The second-order valence-electron chi connectivity index (χ2n) is 7.31. The highest BCUT2D eigenvalue weighted by Crippen LogP contribution is 2.30. The van der Waals surface area contributed by atoms with Crippen LogP contribution in [-0.2, 0) is 19.1 Å². The Balaban J connectivity index is 1.90. The SMILES string of the molecule is CCOC(=O)COc1ccc(/C=C2/C(=O)NC(=S)N(c3cc(C)cc(C)c3)C2=O)cc1OC. The number of benzene rings is 2. The predicted octanol–water partition coefficient (Wildman–Crippen LogP) is 3.09. The molecule has 1 aliphatic rings. The second-order valence-corrected chi connectivity index (χ2v) is 7.69. The summed E-state index contributed by atoms with van der Waals surface area (Å²) >= 11 is 5.26. The molecule has 3 rings (SSSR count). The first-order chi connectivity index (χ1) is 15.7. The fourth-order valence-electron chi connectivity index (χ4n) is 3.37. The average Bonchev–Trinajstić information content (AvgIpc) is 2.75. The summed E-state index contributed by atoms with van der Waals surface area (Å²) in [4.78, 5) is 38.6. The molecule has 0 saturated carbocycles. The lowest BCUT2D eigenvalue weighted by Gasteiger charge is -2.29. The largest absolute Gasteiger partial charge is 0.493 e. The van der Waals surface area contributed by atoms with Gasteiger partial charge in [0, 0.05) is 0 Å². The summed E-state index contributed by atoms with van der Waals surface area (Å²) in [6.45, 7) is 5.53. The standard InChI is InChI=1S/C24H24N2O6S/c1-5-31-21(27)13-32-19-7-6-16(12-20(19)30-4)11-18-22(28)25-24(33)26(23(18)29)17-9-14(2)8-15(3)10-17/h6-12H,5,13H2,1-4H3,(H,25,28,33)/b18-11-. The van der Waals surface area contributed by atoms with Crippen molar-refractivity contribution in [2.75, 3.05) is 25.2 Å². The van der Waals surface area contributed by atoms with E-state index < -0.39 is 17.8 Å². The topological polar surface area (TPSA) is 94.2 Å². The van der Waals surface area contributed by atoms with Gasteiger partial charge >= 0.3 is 5.97 Å². The van der Waals surface area contributed by atoms with Gasteiger partial charge < -0.3 is 14.2 Å². The number of hydrogen-bond donors (Lipinski definition) is 1. The first kappa shape index (κ1) is 23.9. The van der Waals surface area contributed by atoms with Crippen molar-refractivity contribution in [2.24, 2.45) is 0 Å². The number of nitrogens with zero attached hydrogens (tertiary/aromatic N) is 1. The van der Waals surface area contributed by atoms with Crippen LogP contribution in [0.4, 0.5) is 5.69 Å². The summed E-state index contributed by atoms with van der Waals surface area (Å²) in [5.74, 6) is -0.968.